The summed E-state index contributed by atoms with van der Waals surface area (Å²) in [7, 11) is 0. The number of nitrogens with zero attached hydrogens (tertiary/aromatic N) is 6. The van der Waals surface area contributed by atoms with Gasteiger partial charge in [0.2, 0.25) is 23.6 Å². The quantitative estimate of drug-likeness (QED) is 0.173. The second-order valence-corrected chi connectivity index (χ2v) is 15.5. The van der Waals surface area contributed by atoms with Crippen molar-refractivity contribution in [3.63, 3.8) is 0 Å². The molecule has 55 heavy (non-hydrogen) atoms. The van der Waals surface area contributed by atoms with Crippen molar-refractivity contribution in [1.82, 2.24) is 25.2 Å². The van der Waals surface area contributed by atoms with Crippen LogP contribution in [0.15, 0.2) is 60.9 Å². The van der Waals surface area contributed by atoms with Crippen LogP contribution >= 0.6 is 0 Å². The van der Waals surface area contributed by atoms with Crippen LogP contribution in [-0.4, -0.2) is 89.6 Å². The number of imide groups is 1. The normalized spacial score (nSPS) is 20.9. The number of hydrogen-bond acceptors (Lipinski definition) is 12. The Bertz CT molecular complexity index is 2020. The number of benzene rings is 2. The standard InChI is InChI=1S/C42H50N10O3/c1-27-37(25-44-41-39(27)43-17-23-55-41)52-20-14-30-24-45-42(48-36(30)26-52)47-32-6-8-33(9-7-32)51-21-15-34(16-22-51)50-18-12-29(13-19-50)28-2-4-31(5-3-28)46-35-10-11-38(53)49-40(35)54/h2-9,24-25,29,34-35,43,46H,10-23,26H2,1H3,(H,45,47,48)(H,49,53,54). The summed E-state index contributed by atoms with van der Waals surface area (Å²) in [6.45, 7) is 9.56. The van der Waals surface area contributed by atoms with E-state index in [1.165, 1.54) is 42.5 Å². The number of hydrogen-bond donors (Lipinski definition) is 4. The summed E-state index contributed by atoms with van der Waals surface area (Å²) in [5.74, 6) is 1.44. The zero-order chi connectivity index (χ0) is 37.3. The van der Waals surface area contributed by atoms with E-state index in [-0.39, 0.29) is 17.9 Å². The molecule has 5 aliphatic heterocycles. The lowest BCUT2D eigenvalue weighted by Gasteiger charge is -2.42. The number of ether oxygens (including phenoxy) is 1. The summed E-state index contributed by atoms with van der Waals surface area (Å²) in [5.41, 5.74) is 10.0. The topological polar surface area (TPSA) is 140 Å². The average Bonchev–Trinajstić information content (AvgIpc) is 3.23. The highest BCUT2D eigenvalue weighted by molar-refractivity contribution is 6.01. The summed E-state index contributed by atoms with van der Waals surface area (Å²) in [4.78, 5) is 45.4. The molecule has 2 aromatic carbocycles. The van der Waals surface area contributed by atoms with Crippen molar-refractivity contribution in [3.8, 4) is 5.88 Å². The molecule has 1 unspecified atom stereocenters. The minimum Gasteiger partial charge on any atom is -0.474 e. The van der Waals surface area contributed by atoms with Crippen molar-refractivity contribution in [1.29, 1.82) is 0 Å². The van der Waals surface area contributed by atoms with Gasteiger partial charge in [-0.1, -0.05) is 12.1 Å². The van der Waals surface area contributed by atoms with Crippen LogP contribution in [0.1, 0.15) is 66.8 Å². The number of aromatic nitrogens is 3. The van der Waals surface area contributed by atoms with E-state index in [1.807, 2.05) is 12.4 Å². The highest BCUT2D eigenvalue weighted by Gasteiger charge is 2.30. The number of carbonyl (C=O) groups is 2. The summed E-state index contributed by atoms with van der Waals surface area (Å²) in [6, 6.07) is 17.5. The highest BCUT2D eigenvalue weighted by Crippen LogP contribution is 2.37. The van der Waals surface area contributed by atoms with Crippen LogP contribution in [-0.2, 0) is 22.6 Å². The molecule has 13 heteroatoms. The number of pyridine rings is 1. The number of amides is 2. The van der Waals surface area contributed by atoms with E-state index in [9.17, 15) is 9.59 Å². The molecule has 3 fully saturated rings. The fourth-order valence-electron chi connectivity index (χ4n) is 8.95. The maximum absolute atomic E-state index is 12.1. The van der Waals surface area contributed by atoms with E-state index in [1.54, 1.807) is 0 Å². The van der Waals surface area contributed by atoms with Gasteiger partial charge in [0.15, 0.2) is 0 Å². The first-order chi connectivity index (χ1) is 26.9. The van der Waals surface area contributed by atoms with Crippen LogP contribution in [0.4, 0.5) is 34.4 Å². The maximum atomic E-state index is 12.1. The fraction of sp³-hybridized carbons (Fsp3) is 0.452. The number of anilines is 6. The van der Waals surface area contributed by atoms with E-state index < -0.39 is 0 Å². The van der Waals surface area contributed by atoms with Gasteiger partial charge in [-0.15, -0.1) is 0 Å². The van der Waals surface area contributed by atoms with E-state index in [0.29, 0.717) is 49.8 Å². The van der Waals surface area contributed by atoms with Gasteiger partial charge in [0, 0.05) is 67.5 Å². The van der Waals surface area contributed by atoms with E-state index in [2.05, 4.69) is 101 Å². The zero-order valence-electron chi connectivity index (χ0n) is 31.5. The number of nitrogens with one attached hydrogen (secondary N) is 4. The van der Waals surface area contributed by atoms with Gasteiger partial charge in [-0.2, -0.15) is 0 Å². The van der Waals surface area contributed by atoms with Gasteiger partial charge in [-0.3, -0.25) is 14.9 Å². The second-order valence-electron chi connectivity index (χ2n) is 15.5. The molecule has 4 aromatic rings. The van der Waals surface area contributed by atoms with E-state index >= 15 is 0 Å². The van der Waals surface area contributed by atoms with Crippen molar-refractivity contribution in [2.45, 2.75) is 76.4 Å². The molecule has 7 heterocycles. The number of fused-ring (bicyclic) bond motifs is 2. The Balaban J connectivity index is 0.740. The predicted molar refractivity (Wildman–Crippen MR) is 214 cm³/mol. The zero-order valence-corrected chi connectivity index (χ0v) is 31.5. The van der Waals surface area contributed by atoms with Crippen molar-refractivity contribution in [2.75, 3.05) is 71.6 Å². The molecule has 4 N–H and O–H groups in total. The second kappa shape index (κ2) is 15.4. The summed E-state index contributed by atoms with van der Waals surface area (Å²) < 4.78 is 5.74. The minimum atomic E-state index is -0.354. The average molecular weight is 743 g/mol. The molecule has 9 rings (SSSR count). The summed E-state index contributed by atoms with van der Waals surface area (Å²) >= 11 is 0. The Morgan fingerprint density at radius 1 is 0.818 bits per heavy atom. The Morgan fingerprint density at radius 3 is 2.38 bits per heavy atom. The van der Waals surface area contributed by atoms with Crippen LogP contribution in [0.25, 0.3) is 0 Å². The van der Waals surface area contributed by atoms with Crippen LogP contribution < -0.4 is 35.8 Å². The van der Waals surface area contributed by atoms with Crippen LogP contribution in [0.3, 0.4) is 0 Å². The van der Waals surface area contributed by atoms with Gasteiger partial charge in [-0.05, 0) is 112 Å². The first kappa shape index (κ1) is 35.3. The van der Waals surface area contributed by atoms with Gasteiger partial charge in [-0.25, -0.2) is 15.0 Å². The Kier molecular flexibility index (Phi) is 9.86. The lowest BCUT2D eigenvalue weighted by atomic mass is 9.88. The molecule has 2 aromatic heterocycles. The molecule has 0 bridgehead atoms. The summed E-state index contributed by atoms with van der Waals surface area (Å²) in [6.07, 6.45) is 10.4. The van der Waals surface area contributed by atoms with Crippen LogP contribution in [0.5, 0.6) is 5.88 Å². The molecular weight excluding hydrogens is 693 g/mol. The number of piperidine rings is 3. The number of carbonyl (C=O) groups excluding carboxylic acids is 2. The van der Waals surface area contributed by atoms with E-state index in [0.717, 1.165) is 79.7 Å². The lowest BCUT2D eigenvalue weighted by Crippen LogP contribution is -2.47. The largest absolute Gasteiger partial charge is 0.474 e. The highest BCUT2D eigenvalue weighted by atomic mass is 16.5. The Labute approximate surface area is 322 Å². The van der Waals surface area contributed by atoms with E-state index in [4.69, 9.17) is 9.72 Å². The third-order valence-electron chi connectivity index (χ3n) is 12.2. The smallest absolute Gasteiger partial charge is 0.249 e. The predicted octanol–water partition coefficient (Wildman–Crippen LogP) is 5.36. The fourth-order valence-corrected chi connectivity index (χ4v) is 8.95. The first-order valence-corrected chi connectivity index (χ1v) is 20.0. The number of rotatable bonds is 8. The third-order valence-corrected chi connectivity index (χ3v) is 12.2. The number of likely N-dealkylation sites (tertiary alicyclic amines) is 1. The molecule has 3 saturated heterocycles. The molecule has 286 valence electrons. The molecule has 2 amide bonds. The summed E-state index contributed by atoms with van der Waals surface area (Å²) in [5, 5.41) is 12.6. The van der Waals surface area contributed by atoms with Crippen LogP contribution in [0.2, 0.25) is 0 Å². The maximum Gasteiger partial charge on any atom is 0.249 e. The van der Waals surface area contributed by atoms with Crippen molar-refractivity contribution in [3.05, 3.63) is 83.3 Å². The lowest BCUT2D eigenvalue weighted by molar-refractivity contribution is -0.133. The van der Waals surface area contributed by atoms with Crippen molar-refractivity contribution in [2.24, 2.45) is 0 Å². The molecule has 0 spiro atoms. The van der Waals surface area contributed by atoms with Crippen LogP contribution in [0, 0.1) is 6.92 Å². The third kappa shape index (κ3) is 7.62. The van der Waals surface area contributed by atoms with Crippen molar-refractivity contribution < 1.29 is 14.3 Å². The van der Waals surface area contributed by atoms with Gasteiger partial charge in [0.1, 0.15) is 18.3 Å². The minimum absolute atomic E-state index is 0.190. The SMILES string of the molecule is Cc1c(N2CCc3cnc(Nc4ccc(N5CCC(N6CCC(c7ccc(NC8CCC(=O)NC8=O)cc7)CC6)CC5)cc4)nc3C2)cnc2c1NCCO2. The van der Waals surface area contributed by atoms with Gasteiger partial charge in [0.05, 0.1) is 24.1 Å². The van der Waals surface area contributed by atoms with Gasteiger partial charge in [0.25, 0.3) is 0 Å². The molecular formula is C42H50N10O3. The van der Waals surface area contributed by atoms with Gasteiger partial charge >= 0.3 is 0 Å². The molecule has 13 nitrogen and oxygen atoms in total. The Morgan fingerprint density at radius 2 is 1.60 bits per heavy atom. The van der Waals surface area contributed by atoms with Gasteiger partial charge < -0.3 is 35.4 Å². The Hall–Kier alpha value is -5.43. The molecule has 1 atom stereocenters. The molecule has 0 saturated carbocycles. The monoisotopic (exact) mass is 742 g/mol. The molecule has 5 aliphatic rings. The molecule has 0 aliphatic carbocycles. The molecule has 0 radical (unpaired) electrons. The first-order valence-electron chi connectivity index (χ1n) is 20.0. The van der Waals surface area contributed by atoms with Crippen molar-refractivity contribution >= 4 is 46.2 Å².